The van der Waals surface area contributed by atoms with Gasteiger partial charge in [-0.25, -0.2) is 0 Å². The minimum absolute atomic E-state index is 0.105. The number of thiophene rings is 1. The van der Waals surface area contributed by atoms with Crippen molar-refractivity contribution in [2.75, 3.05) is 0 Å². The summed E-state index contributed by atoms with van der Waals surface area (Å²) in [5.41, 5.74) is 3.66. The number of hydrogen-bond donors (Lipinski definition) is 0. The molecule has 1 nitrogen and oxygen atoms in total. The van der Waals surface area contributed by atoms with Gasteiger partial charge in [0.25, 0.3) is 0 Å². The fraction of sp³-hybridized carbons (Fsp3) is 0.214. The largest absolute Gasteiger partial charge is 0.293 e. The highest BCUT2D eigenvalue weighted by Crippen LogP contribution is 2.38. The number of hydrogen-bond acceptors (Lipinski definition) is 2. The van der Waals surface area contributed by atoms with Crippen LogP contribution in [0.2, 0.25) is 0 Å². The van der Waals surface area contributed by atoms with Crippen LogP contribution in [0.15, 0.2) is 35.7 Å². The van der Waals surface area contributed by atoms with Gasteiger partial charge in [-0.2, -0.15) is 0 Å². The van der Waals surface area contributed by atoms with E-state index in [4.69, 9.17) is 0 Å². The molecule has 1 aliphatic rings. The van der Waals surface area contributed by atoms with Gasteiger partial charge in [0, 0.05) is 0 Å². The molecule has 0 saturated heterocycles. The Labute approximate surface area is 98.7 Å². The van der Waals surface area contributed by atoms with Crippen LogP contribution >= 0.6 is 11.3 Å². The van der Waals surface area contributed by atoms with Crippen LogP contribution in [0.4, 0.5) is 0 Å². The molecule has 2 aromatic rings. The van der Waals surface area contributed by atoms with E-state index in [9.17, 15) is 4.79 Å². The van der Waals surface area contributed by atoms with Crippen LogP contribution in [0.25, 0.3) is 0 Å². The molecule has 0 aliphatic heterocycles. The van der Waals surface area contributed by atoms with Gasteiger partial charge in [-0.15, -0.1) is 11.3 Å². The molecule has 3 rings (SSSR count). The fourth-order valence-corrected chi connectivity index (χ4v) is 3.20. The van der Waals surface area contributed by atoms with Gasteiger partial charge in [-0.3, -0.25) is 4.79 Å². The first-order valence-electron chi connectivity index (χ1n) is 5.43. The second-order valence-electron chi connectivity index (χ2n) is 4.25. The number of rotatable bonds is 2. The first-order chi connectivity index (χ1) is 7.77. The molecule has 1 aromatic heterocycles. The van der Waals surface area contributed by atoms with Gasteiger partial charge in [-0.05, 0) is 41.5 Å². The first kappa shape index (κ1) is 9.79. The lowest BCUT2D eigenvalue weighted by molar-refractivity contribution is 0.0952. The zero-order valence-corrected chi connectivity index (χ0v) is 9.88. The first-order valence-corrected chi connectivity index (χ1v) is 6.31. The lowest BCUT2D eigenvalue weighted by Gasteiger charge is -2.28. The van der Waals surface area contributed by atoms with Crippen LogP contribution in [0.5, 0.6) is 0 Å². The quantitative estimate of drug-likeness (QED) is 0.718. The zero-order chi connectivity index (χ0) is 11.1. The molecular weight excluding hydrogens is 216 g/mol. The van der Waals surface area contributed by atoms with Gasteiger partial charge in [0.15, 0.2) is 5.78 Å². The van der Waals surface area contributed by atoms with E-state index in [0.717, 1.165) is 16.9 Å². The molecule has 0 spiro atoms. The molecule has 1 atom stereocenters. The van der Waals surface area contributed by atoms with Crippen molar-refractivity contribution in [3.63, 3.8) is 0 Å². The van der Waals surface area contributed by atoms with E-state index >= 15 is 0 Å². The van der Waals surface area contributed by atoms with E-state index in [0.29, 0.717) is 5.78 Å². The van der Waals surface area contributed by atoms with Crippen LogP contribution < -0.4 is 0 Å². The van der Waals surface area contributed by atoms with Crippen LogP contribution in [0, 0.1) is 6.92 Å². The normalized spacial score (nSPS) is 17.7. The van der Waals surface area contributed by atoms with Crippen molar-refractivity contribution >= 4 is 17.1 Å². The summed E-state index contributed by atoms with van der Waals surface area (Å²) in [5, 5.41) is 1.99. The Kier molecular flexibility index (Phi) is 2.18. The summed E-state index contributed by atoms with van der Waals surface area (Å²) < 4.78 is 0. The Hall–Kier alpha value is -1.41. The maximum absolute atomic E-state index is 12.3. The van der Waals surface area contributed by atoms with Crippen molar-refractivity contribution in [2.24, 2.45) is 0 Å². The van der Waals surface area contributed by atoms with Crippen molar-refractivity contribution in [1.82, 2.24) is 0 Å². The van der Waals surface area contributed by atoms with Gasteiger partial charge in [0.05, 0.1) is 10.8 Å². The van der Waals surface area contributed by atoms with E-state index < -0.39 is 0 Å². The molecule has 2 heteroatoms. The van der Waals surface area contributed by atoms with Gasteiger partial charge in [-0.1, -0.05) is 24.3 Å². The van der Waals surface area contributed by atoms with Crippen LogP contribution in [-0.2, 0) is 6.42 Å². The Morgan fingerprint density at radius 2 is 2.12 bits per heavy atom. The van der Waals surface area contributed by atoms with Crippen molar-refractivity contribution in [3.05, 3.63) is 57.3 Å². The highest BCUT2D eigenvalue weighted by atomic mass is 32.1. The predicted molar refractivity (Wildman–Crippen MR) is 66.3 cm³/mol. The molecule has 1 aromatic carbocycles. The third kappa shape index (κ3) is 1.34. The number of carbonyl (C=O) groups is 1. The summed E-state index contributed by atoms with van der Waals surface area (Å²) >= 11 is 1.56. The SMILES string of the molecule is Cc1ccsc1C(=O)C1Cc2ccccc21. The van der Waals surface area contributed by atoms with E-state index in [2.05, 4.69) is 12.1 Å². The highest BCUT2D eigenvalue weighted by molar-refractivity contribution is 7.12. The summed E-state index contributed by atoms with van der Waals surface area (Å²) in [6.07, 6.45) is 0.909. The van der Waals surface area contributed by atoms with E-state index in [-0.39, 0.29) is 5.92 Å². The molecule has 1 aliphatic carbocycles. The van der Waals surface area contributed by atoms with Gasteiger partial charge >= 0.3 is 0 Å². The molecule has 0 N–H and O–H groups in total. The third-order valence-corrected chi connectivity index (χ3v) is 4.29. The highest BCUT2D eigenvalue weighted by Gasteiger charge is 2.33. The Morgan fingerprint density at radius 3 is 2.81 bits per heavy atom. The number of carbonyl (C=O) groups excluding carboxylic acids is 1. The summed E-state index contributed by atoms with van der Waals surface area (Å²) in [5.74, 6) is 0.403. The average Bonchev–Trinajstić information content (AvgIpc) is 2.66. The van der Waals surface area contributed by atoms with E-state index in [1.165, 1.54) is 11.1 Å². The Balaban J connectivity index is 1.93. The van der Waals surface area contributed by atoms with Gasteiger partial charge in [0.1, 0.15) is 0 Å². The zero-order valence-electron chi connectivity index (χ0n) is 9.07. The maximum Gasteiger partial charge on any atom is 0.180 e. The molecule has 16 heavy (non-hydrogen) atoms. The van der Waals surface area contributed by atoms with Gasteiger partial charge < -0.3 is 0 Å². The molecule has 0 radical (unpaired) electrons. The van der Waals surface area contributed by atoms with Gasteiger partial charge in [0.2, 0.25) is 0 Å². The maximum atomic E-state index is 12.3. The minimum atomic E-state index is 0.105. The fourth-order valence-electron chi connectivity index (χ4n) is 2.28. The number of aryl methyl sites for hydroxylation is 1. The summed E-state index contributed by atoms with van der Waals surface area (Å²) in [7, 11) is 0. The average molecular weight is 228 g/mol. The predicted octanol–water partition coefficient (Wildman–Crippen LogP) is 3.58. The second-order valence-corrected chi connectivity index (χ2v) is 5.17. The summed E-state index contributed by atoms with van der Waals surface area (Å²) in [4.78, 5) is 13.2. The molecule has 0 amide bonds. The molecule has 0 bridgehead atoms. The second kappa shape index (κ2) is 3.56. The standard InChI is InChI=1S/C14H12OS/c1-9-6-7-16-14(9)13(15)12-8-10-4-2-3-5-11(10)12/h2-7,12H,8H2,1H3. The number of fused-ring (bicyclic) bond motifs is 1. The molecule has 1 heterocycles. The number of benzene rings is 1. The summed E-state index contributed by atoms with van der Waals surface area (Å²) in [6, 6.07) is 10.3. The number of Topliss-reactive ketones (excluding diaryl/α,β-unsaturated/α-hetero) is 1. The lowest BCUT2D eigenvalue weighted by Crippen LogP contribution is -2.25. The number of ketones is 1. The molecule has 0 saturated carbocycles. The molecule has 80 valence electrons. The smallest absolute Gasteiger partial charge is 0.180 e. The molecular formula is C14H12OS. The van der Waals surface area contributed by atoms with Crippen molar-refractivity contribution < 1.29 is 4.79 Å². The van der Waals surface area contributed by atoms with Crippen LogP contribution in [0.3, 0.4) is 0 Å². The topological polar surface area (TPSA) is 17.1 Å². The van der Waals surface area contributed by atoms with E-state index in [1.54, 1.807) is 11.3 Å². The molecule has 1 unspecified atom stereocenters. The van der Waals surface area contributed by atoms with Crippen molar-refractivity contribution in [1.29, 1.82) is 0 Å². The minimum Gasteiger partial charge on any atom is -0.293 e. The lowest BCUT2D eigenvalue weighted by atomic mass is 9.75. The van der Waals surface area contributed by atoms with Crippen molar-refractivity contribution in [2.45, 2.75) is 19.3 Å². The Morgan fingerprint density at radius 1 is 1.31 bits per heavy atom. The summed E-state index contributed by atoms with van der Waals surface area (Å²) in [6.45, 7) is 2.01. The van der Waals surface area contributed by atoms with E-state index in [1.807, 2.05) is 30.5 Å². The van der Waals surface area contributed by atoms with Crippen LogP contribution in [0.1, 0.15) is 32.3 Å². The third-order valence-electron chi connectivity index (χ3n) is 3.26. The van der Waals surface area contributed by atoms with Crippen molar-refractivity contribution in [3.8, 4) is 0 Å². The molecule has 0 fully saturated rings. The monoisotopic (exact) mass is 228 g/mol. The van der Waals surface area contributed by atoms with Crippen LogP contribution in [-0.4, -0.2) is 5.78 Å². The Bertz CT molecular complexity index is 553.